The highest BCUT2D eigenvalue weighted by Crippen LogP contribution is 2.39. The Bertz CT molecular complexity index is 1950. The lowest BCUT2D eigenvalue weighted by molar-refractivity contribution is 0.0739. The number of rotatable bonds is 10. The molecule has 0 aliphatic carbocycles. The van der Waals surface area contributed by atoms with Crippen LogP contribution in [-0.2, 0) is 0 Å². The van der Waals surface area contributed by atoms with Crippen LogP contribution in [0.15, 0.2) is 88.4 Å². The summed E-state index contributed by atoms with van der Waals surface area (Å²) in [5.41, 5.74) is 3.93. The summed E-state index contributed by atoms with van der Waals surface area (Å²) in [7, 11) is 4.40. The van der Waals surface area contributed by atoms with Crippen molar-refractivity contribution in [1.82, 2.24) is 5.43 Å². The molecule has 4 aromatic carbocycles. The van der Waals surface area contributed by atoms with E-state index in [4.69, 9.17) is 30.5 Å². The lowest BCUT2D eigenvalue weighted by Gasteiger charge is -2.14. The minimum Gasteiger partial charge on any atom is -0.493 e. The normalized spacial score (nSPS) is 10.9. The second-order valence-electron chi connectivity index (χ2n) is 9.46. The van der Waals surface area contributed by atoms with Gasteiger partial charge in [0.25, 0.3) is 11.8 Å². The lowest BCUT2D eigenvalue weighted by Crippen LogP contribution is -2.18. The molecule has 2 N–H and O–H groups in total. The molecule has 0 saturated carbocycles. The average Bonchev–Trinajstić information content (AvgIpc) is 3.41. The van der Waals surface area contributed by atoms with Crippen molar-refractivity contribution < 1.29 is 33.3 Å². The van der Waals surface area contributed by atoms with Crippen molar-refractivity contribution in [1.29, 1.82) is 0 Å². The molecule has 13 heteroatoms. The molecule has 1 aromatic heterocycles. The molecule has 2 amide bonds. The van der Waals surface area contributed by atoms with Gasteiger partial charge in [-0.2, -0.15) is 5.10 Å². The topological polar surface area (TPSA) is 125 Å². The van der Waals surface area contributed by atoms with E-state index < -0.39 is 17.8 Å². The Morgan fingerprint density at radius 2 is 1.52 bits per heavy atom. The van der Waals surface area contributed by atoms with Gasteiger partial charge in [-0.25, -0.2) is 10.2 Å². The average molecular weight is 723 g/mol. The molecule has 0 unspecified atom stereocenters. The number of anilines is 1. The molecule has 0 saturated heterocycles. The SMILES string of the molecule is COc1cc(C(=O)Nc2ccc(C(=O)N/N=C\c3cc(Br)ccc3OC(=O)c3sc4ccccc4c3Cl)cc2)cc(OC)c1OC. The highest BCUT2D eigenvalue weighted by molar-refractivity contribution is 9.10. The first-order chi connectivity index (χ1) is 22.2. The van der Waals surface area contributed by atoms with Crippen LogP contribution in [0.5, 0.6) is 23.0 Å². The van der Waals surface area contributed by atoms with Gasteiger partial charge in [0, 0.05) is 36.9 Å². The molecule has 5 aromatic rings. The van der Waals surface area contributed by atoms with Crippen molar-refractivity contribution in [3.05, 3.63) is 110 Å². The molecule has 0 aliphatic heterocycles. The summed E-state index contributed by atoms with van der Waals surface area (Å²) < 4.78 is 23.2. The Morgan fingerprint density at radius 3 is 2.17 bits per heavy atom. The number of hydrogen-bond acceptors (Lipinski definition) is 9. The maximum atomic E-state index is 13.0. The van der Waals surface area contributed by atoms with Gasteiger partial charge in [0.15, 0.2) is 11.5 Å². The third-order valence-corrected chi connectivity index (χ3v) is 8.75. The van der Waals surface area contributed by atoms with Crippen LogP contribution in [-0.4, -0.2) is 45.3 Å². The molecule has 0 fully saturated rings. The number of ether oxygens (including phenoxy) is 4. The van der Waals surface area contributed by atoms with Gasteiger partial charge in [0.2, 0.25) is 5.75 Å². The van der Waals surface area contributed by atoms with E-state index in [-0.39, 0.29) is 16.2 Å². The van der Waals surface area contributed by atoms with Crippen molar-refractivity contribution in [3.63, 3.8) is 0 Å². The van der Waals surface area contributed by atoms with Gasteiger partial charge >= 0.3 is 5.97 Å². The number of nitrogens with one attached hydrogen (secondary N) is 2. The van der Waals surface area contributed by atoms with Crippen LogP contribution in [0.1, 0.15) is 36.0 Å². The van der Waals surface area contributed by atoms with Gasteiger partial charge < -0.3 is 24.3 Å². The molecule has 0 spiro atoms. The smallest absolute Gasteiger partial charge is 0.355 e. The molecule has 1 heterocycles. The number of methoxy groups -OCH3 is 3. The summed E-state index contributed by atoms with van der Waals surface area (Å²) in [6, 6.07) is 21.8. The fraction of sp³-hybridized carbons (Fsp3) is 0.0909. The Morgan fingerprint density at radius 1 is 0.826 bits per heavy atom. The predicted octanol–water partition coefficient (Wildman–Crippen LogP) is 7.58. The van der Waals surface area contributed by atoms with Crippen LogP contribution in [0.2, 0.25) is 5.02 Å². The highest BCUT2D eigenvalue weighted by atomic mass is 79.9. The van der Waals surface area contributed by atoms with E-state index in [1.165, 1.54) is 63.1 Å². The van der Waals surface area contributed by atoms with E-state index in [1.807, 2.05) is 24.3 Å². The van der Waals surface area contributed by atoms with Crippen molar-refractivity contribution in [2.24, 2.45) is 5.10 Å². The standard InChI is InChI=1S/C33H25BrClN3O7S/c1-42-25-15-19(16-26(43-2)29(25)44-3)31(39)37-22-11-8-18(9-12-22)32(40)38-36-17-20-14-21(34)10-13-24(20)45-33(41)30-28(35)23-6-4-5-7-27(23)46-30/h4-17H,1-3H3,(H,37,39)(H,38,40)/b36-17-. The largest absolute Gasteiger partial charge is 0.493 e. The molecule has 0 atom stereocenters. The quantitative estimate of drug-likeness (QED) is 0.0659. The number of nitrogens with zero attached hydrogens (tertiary/aromatic N) is 1. The number of benzene rings is 4. The highest BCUT2D eigenvalue weighted by Gasteiger charge is 2.20. The van der Waals surface area contributed by atoms with Crippen LogP contribution in [0.25, 0.3) is 10.1 Å². The summed E-state index contributed by atoms with van der Waals surface area (Å²) in [6.45, 7) is 0. The zero-order valence-electron chi connectivity index (χ0n) is 24.6. The number of fused-ring (bicyclic) bond motifs is 1. The Hall–Kier alpha value is -4.91. The maximum Gasteiger partial charge on any atom is 0.355 e. The second-order valence-corrected chi connectivity index (χ2v) is 11.8. The van der Waals surface area contributed by atoms with E-state index in [0.29, 0.717) is 43.6 Å². The fourth-order valence-electron chi connectivity index (χ4n) is 4.35. The predicted molar refractivity (Wildman–Crippen MR) is 181 cm³/mol. The van der Waals surface area contributed by atoms with Crippen LogP contribution in [0, 0.1) is 0 Å². The molecule has 5 rings (SSSR count). The number of esters is 1. The maximum absolute atomic E-state index is 13.0. The fourth-order valence-corrected chi connectivity index (χ4v) is 6.11. The third-order valence-electron chi connectivity index (χ3n) is 6.60. The summed E-state index contributed by atoms with van der Waals surface area (Å²) in [6.07, 6.45) is 1.36. The van der Waals surface area contributed by atoms with E-state index >= 15 is 0 Å². The molecule has 0 aliphatic rings. The molecular formula is C33H25BrClN3O7S. The van der Waals surface area contributed by atoms with Crippen LogP contribution in [0.4, 0.5) is 5.69 Å². The van der Waals surface area contributed by atoms with Crippen LogP contribution in [0.3, 0.4) is 0 Å². The van der Waals surface area contributed by atoms with Crippen molar-refractivity contribution in [2.75, 3.05) is 26.6 Å². The number of hydrazone groups is 1. The summed E-state index contributed by atoms with van der Waals surface area (Å²) >= 11 is 11.1. The molecular weight excluding hydrogens is 698 g/mol. The van der Waals surface area contributed by atoms with Gasteiger partial charge in [-0.1, -0.05) is 45.7 Å². The van der Waals surface area contributed by atoms with Gasteiger partial charge in [-0.15, -0.1) is 11.3 Å². The first kappa shape index (κ1) is 32.5. The number of hydrogen-bond donors (Lipinski definition) is 2. The Balaban J connectivity index is 1.23. The number of carbonyl (C=O) groups is 3. The molecule has 0 bridgehead atoms. The number of carbonyl (C=O) groups excluding carboxylic acids is 3. The molecule has 10 nitrogen and oxygen atoms in total. The minimum absolute atomic E-state index is 0.229. The molecule has 234 valence electrons. The van der Waals surface area contributed by atoms with E-state index in [0.717, 1.165) is 10.1 Å². The number of thiophene rings is 1. The van der Waals surface area contributed by atoms with E-state index in [9.17, 15) is 14.4 Å². The van der Waals surface area contributed by atoms with Crippen molar-refractivity contribution in [2.45, 2.75) is 0 Å². The molecule has 46 heavy (non-hydrogen) atoms. The Labute approximate surface area is 281 Å². The molecule has 0 radical (unpaired) electrons. The van der Waals surface area contributed by atoms with Gasteiger partial charge in [0.1, 0.15) is 10.6 Å². The first-order valence-corrected chi connectivity index (χ1v) is 15.4. The number of halogens is 2. The zero-order valence-corrected chi connectivity index (χ0v) is 27.7. The summed E-state index contributed by atoms with van der Waals surface area (Å²) in [5.74, 6) is -0.238. The zero-order chi connectivity index (χ0) is 32.8. The lowest BCUT2D eigenvalue weighted by atomic mass is 10.1. The van der Waals surface area contributed by atoms with Crippen LogP contribution < -0.4 is 29.7 Å². The van der Waals surface area contributed by atoms with Crippen LogP contribution >= 0.6 is 38.9 Å². The monoisotopic (exact) mass is 721 g/mol. The van der Waals surface area contributed by atoms with Crippen molar-refractivity contribution >= 4 is 78.6 Å². The van der Waals surface area contributed by atoms with Gasteiger partial charge in [-0.3, -0.25) is 9.59 Å². The summed E-state index contributed by atoms with van der Waals surface area (Å²) in [5, 5.41) is 7.92. The first-order valence-electron chi connectivity index (χ1n) is 13.5. The second kappa shape index (κ2) is 14.5. The van der Waals surface area contributed by atoms with Gasteiger partial charge in [0.05, 0.1) is 32.6 Å². The summed E-state index contributed by atoms with van der Waals surface area (Å²) in [4.78, 5) is 39.0. The van der Waals surface area contributed by atoms with E-state index in [1.54, 1.807) is 30.3 Å². The van der Waals surface area contributed by atoms with Crippen molar-refractivity contribution in [3.8, 4) is 23.0 Å². The van der Waals surface area contributed by atoms with Gasteiger partial charge in [-0.05, 0) is 60.7 Å². The van der Waals surface area contributed by atoms with E-state index in [2.05, 4.69) is 31.8 Å². The Kier molecular flexibility index (Phi) is 10.2. The third kappa shape index (κ3) is 7.15. The number of amides is 2. The minimum atomic E-state index is -0.607.